The fourth-order valence-corrected chi connectivity index (χ4v) is 9.80. The first kappa shape index (κ1) is 41.3. The maximum Gasteiger partial charge on any atom is 0.242 e. The van der Waals surface area contributed by atoms with Crippen LogP contribution >= 0.6 is 0 Å². The Hall–Kier alpha value is -3.91. The van der Waals surface area contributed by atoms with Crippen LogP contribution in [0.15, 0.2) is 121 Å². The minimum Gasteiger partial charge on any atom is -0.544 e. The molecule has 0 radical (unpaired) electrons. The van der Waals surface area contributed by atoms with E-state index in [0.717, 1.165) is 23.0 Å². The SMILES string of the molecule is C[Si](C)(C)Oc1ccc(C(O)(c2ccc(O[Si](C)(C)C)cc2)c2ccc(C(O)(c3ccc(O[Si](C)(C)C)cc3)c3ccc(O[Si](C)(C)C)cc3)cc2)cc1. The van der Waals surface area contributed by atoms with Crippen LogP contribution in [0.1, 0.15) is 33.4 Å². The summed E-state index contributed by atoms with van der Waals surface area (Å²) in [5.74, 6) is 3.12. The average Bonchev–Trinajstić information content (AvgIpc) is 3.06. The summed E-state index contributed by atoms with van der Waals surface area (Å²) < 4.78 is 25.0. The first-order chi connectivity index (χ1) is 24.9. The molecule has 5 aromatic rings. The van der Waals surface area contributed by atoms with E-state index >= 15 is 0 Å². The van der Waals surface area contributed by atoms with Crippen molar-refractivity contribution < 1.29 is 27.9 Å². The zero-order valence-corrected chi connectivity index (χ0v) is 38.1. The third-order valence-corrected chi connectivity index (χ3v) is 11.9. The molecule has 0 saturated heterocycles. The Bertz CT molecular complexity index is 1720. The highest BCUT2D eigenvalue weighted by molar-refractivity contribution is 6.71. The molecule has 10 heteroatoms. The van der Waals surface area contributed by atoms with Crippen molar-refractivity contribution in [2.45, 2.75) is 89.8 Å². The van der Waals surface area contributed by atoms with Crippen LogP contribution in [-0.4, -0.2) is 43.5 Å². The van der Waals surface area contributed by atoms with Gasteiger partial charge in [0.1, 0.15) is 34.2 Å². The molecule has 6 nitrogen and oxygen atoms in total. The van der Waals surface area contributed by atoms with Gasteiger partial charge in [0.25, 0.3) is 0 Å². The van der Waals surface area contributed by atoms with Crippen molar-refractivity contribution in [1.29, 1.82) is 0 Å². The second-order valence-electron chi connectivity index (χ2n) is 18.0. The maximum absolute atomic E-state index is 12.9. The van der Waals surface area contributed by atoms with Gasteiger partial charge >= 0.3 is 0 Å². The Morgan fingerprint density at radius 1 is 0.278 bits per heavy atom. The number of hydrogen-bond donors (Lipinski definition) is 2. The van der Waals surface area contributed by atoms with Crippen LogP contribution in [-0.2, 0) is 11.2 Å². The lowest BCUT2D eigenvalue weighted by Gasteiger charge is -2.33. The summed E-state index contributed by atoms with van der Waals surface area (Å²) >= 11 is 0. The summed E-state index contributed by atoms with van der Waals surface area (Å²) in [6, 6.07) is 38.5. The van der Waals surface area contributed by atoms with Gasteiger partial charge in [-0.3, -0.25) is 0 Å². The minimum atomic E-state index is -1.83. The quantitative estimate of drug-likeness (QED) is 0.0861. The largest absolute Gasteiger partial charge is 0.544 e. The lowest BCUT2D eigenvalue weighted by Crippen LogP contribution is -2.32. The molecule has 5 aromatic carbocycles. The number of hydrogen-bond acceptors (Lipinski definition) is 6. The van der Waals surface area contributed by atoms with Gasteiger partial charge in [0.15, 0.2) is 0 Å². The second kappa shape index (κ2) is 15.3. The van der Waals surface area contributed by atoms with Crippen molar-refractivity contribution in [2.24, 2.45) is 0 Å². The highest BCUT2D eigenvalue weighted by Crippen LogP contribution is 2.42. The predicted molar refractivity (Wildman–Crippen MR) is 232 cm³/mol. The van der Waals surface area contributed by atoms with E-state index in [0.29, 0.717) is 33.4 Å². The van der Waals surface area contributed by atoms with Crippen molar-refractivity contribution in [3.05, 3.63) is 155 Å². The Labute approximate surface area is 327 Å². The molecule has 0 atom stereocenters. The summed E-state index contributed by atoms with van der Waals surface area (Å²) in [5, 5.41) is 25.8. The molecule has 0 fully saturated rings. The van der Waals surface area contributed by atoms with Gasteiger partial charge in [0, 0.05) is 0 Å². The lowest BCUT2D eigenvalue weighted by molar-refractivity contribution is 0.121. The van der Waals surface area contributed by atoms with E-state index < -0.39 is 44.5 Å². The molecule has 5 rings (SSSR count). The van der Waals surface area contributed by atoms with Crippen LogP contribution in [0.4, 0.5) is 0 Å². The van der Waals surface area contributed by atoms with Gasteiger partial charge in [0.2, 0.25) is 33.3 Å². The Morgan fingerprint density at radius 2 is 0.407 bits per heavy atom. The Morgan fingerprint density at radius 3 is 0.537 bits per heavy atom. The van der Waals surface area contributed by atoms with Crippen LogP contribution < -0.4 is 17.7 Å². The van der Waals surface area contributed by atoms with E-state index in [9.17, 15) is 10.2 Å². The smallest absolute Gasteiger partial charge is 0.242 e. The lowest BCUT2D eigenvalue weighted by atomic mass is 9.77. The molecule has 0 aromatic heterocycles. The molecule has 0 aliphatic heterocycles. The van der Waals surface area contributed by atoms with E-state index in [1.54, 1.807) is 0 Å². The molecule has 0 bridgehead atoms. The van der Waals surface area contributed by atoms with Gasteiger partial charge in [0.05, 0.1) is 0 Å². The molecule has 0 heterocycles. The zero-order valence-electron chi connectivity index (χ0n) is 34.1. The van der Waals surface area contributed by atoms with Crippen molar-refractivity contribution in [2.75, 3.05) is 0 Å². The molecule has 0 amide bonds. The molecular weight excluding hydrogens is 737 g/mol. The molecule has 286 valence electrons. The maximum atomic E-state index is 12.9. The molecule has 0 spiro atoms. The van der Waals surface area contributed by atoms with Crippen LogP contribution in [0.5, 0.6) is 23.0 Å². The third-order valence-electron chi connectivity index (χ3n) is 8.50. The highest BCUT2D eigenvalue weighted by atomic mass is 28.4. The van der Waals surface area contributed by atoms with Gasteiger partial charge < -0.3 is 27.9 Å². The van der Waals surface area contributed by atoms with Crippen LogP contribution in [0, 0.1) is 0 Å². The van der Waals surface area contributed by atoms with Crippen molar-refractivity contribution in [3.63, 3.8) is 0 Å². The zero-order chi connectivity index (χ0) is 39.7. The Kier molecular flexibility index (Phi) is 11.7. The van der Waals surface area contributed by atoms with Gasteiger partial charge in [-0.05, 0) is 160 Å². The standard InChI is InChI=1S/C44H58O6Si4/c1-51(2,3)47-39-25-17-35(18-26-39)43(45,36-19-27-40(28-20-36)48-52(4,5)6)33-13-15-34(16-14-33)44(46,37-21-29-41(30-22-37)49-53(7,8)9)38-23-31-42(32-24-38)50-54(10,11)12/h13-32,45-46H,1-12H3. The van der Waals surface area contributed by atoms with E-state index in [-0.39, 0.29) is 0 Å². The number of aliphatic hydroxyl groups is 2. The van der Waals surface area contributed by atoms with Crippen molar-refractivity contribution >= 4 is 33.3 Å². The summed E-state index contributed by atoms with van der Waals surface area (Å²) in [6.07, 6.45) is 0. The summed E-state index contributed by atoms with van der Waals surface area (Å²) in [6.45, 7) is 25.8. The van der Waals surface area contributed by atoms with Crippen LogP contribution in [0.3, 0.4) is 0 Å². The van der Waals surface area contributed by atoms with Gasteiger partial charge in [-0.2, -0.15) is 0 Å². The van der Waals surface area contributed by atoms with Gasteiger partial charge in [-0.1, -0.05) is 72.8 Å². The fraction of sp³-hybridized carbons (Fsp3) is 0.318. The second-order valence-corrected chi connectivity index (χ2v) is 35.7. The van der Waals surface area contributed by atoms with Crippen LogP contribution in [0.25, 0.3) is 0 Å². The normalized spacial score (nSPS) is 13.0. The molecule has 0 unspecified atom stereocenters. The van der Waals surface area contributed by atoms with Gasteiger partial charge in [-0.25, -0.2) is 0 Å². The Balaban J connectivity index is 1.62. The average molecular weight is 795 g/mol. The van der Waals surface area contributed by atoms with Crippen molar-refractivity contribution in [3.8, 4) is 23.0 Å². The van der Waals surface area contributed by atoms with Gasteiger partial charge in [-0.15, -0.1) is 0 Å². The monoisotopic (exact) mass is 794 g/mol. The fourth-order valence-electron chi connectivity index (χ4n) is 6.42. The molecule has 54 heavy (non-hydrogen) atoms. The molecule has 0 aliphatic rings. The highest BCUT2D eigenvalue weighted by Gasteiger charge is 2.38. The third kappa shape index (κ3) is 10.2. The summed E-state index contributed by atoms with van der Waals surface area (Å²) in [7, 11) is -7.32. The topological polar surface area (TPSA) is 77.4 Å². The summed E-state index contributed by atoms with van der Waals surface area (Å²) in [4.78, 5) is 0. The van der Waals surface area contributed by atoms with E-state index in [4.69, 9.17) is 17.7 Å². The first-order valence-electron chi connectivity index (χ1n) is 18.7. The molecule has 2 N–H and O–H groups in total. The van der Waals surface area contributed by atoms with E-state index in [1.807, 2.05) is 121 Å². The van der Waals surface area contributed by atoms with Crippen LogP contribution in [0.2, 0.25) is 78.6 Å². The molecule has 0 saturated carbocycles. The van der Waals surface area contributed by atoms with E-state index in [2.05, 4.69) is 78.6 Å². The minimum absolute atomic E-state index is 0.657. The molecule has 0 aliphatic carbocycles. The first-order valence-corrected chi connectivity index (χ1v) is 32.3. The van der Waals surface area contributed by atoms with E-state index in [1.165, 1.54) is 0 Å². The summed E-state index contributed by atoms with van der Waals surface area (Å²) in [5.41, 5.74) is 1.07. The predicted octanol–water partition coefficient (Wildman–Crippen LogP) is 11.1. The number of rotatable bonds is 14. The number of benzene rings is 5. The molecular formula is C44H58O6Si4. The van der Waals surface area contributed by atoms with Crippen molar-refractivity contribution in [1.82, 2.24) is 0 Å².